The van der Waals surface area contributed by atoms with Crippen LogP contribution in [0.5, 0.6) is 0 Å². The molecule has 132 valence electrons. The Balaban J connectivity index is 1.33. The summed E-state index contributed by atoms with van der Waals surface area (Å²) in [5, 5.41) is 0. The average molecular weight is 349 g/mol. The minimum absolute atomic E-state index is 0.0205. The minimum atomic E-state index is -0.456. The zero-order chi connectivity index (χ0) is 17.9. The van der Waals surface area contributed by atoms with E-state index < -0.39 is 5.97 Å². The van der Waals surface area contributed by atoms with Crippen LogP contribution in [0.2, 0.25) is 0 Å². The molecule has 0 aliphatic carbocycles. The molecule has 1 saturated heterocycles. The second-order valence-electron chi connectivity index (χ2n) is 6.52. The molecule has 1 atom stereocenters. The summed E-state index contributed by atoms with van der Waals surface area (Å²) in [6, 6.07) is 15.4. The minimum Gasteiger partial charge on any atom is -0.461 e. The van der Waals surface area contributed by atoms with E-state index in [9.17, 15) is 9.59 Å². The molecule has 0 spiro atoms. The number of carbonyl (C=O) groups is 2. The molecule has 26 heavy (non-hydrogen) atoms. The number of likely N-dealkylation sites (tertiary alicyclic amines) is 1. The lowest BCUT2D eigenvalue weighted by Gasteiger charge is -2.16. The highest BCUT2D eigenvalue weighted by molar-refractivity contribution is 5.88. The first-order valence-corrected chi connectivity index (χ1v) is 8.61. The van der Waals surface area contributed by atoms with E-state index in [1.165, 1.54) is 0 Å². The summed E-state index contributed by atoms with van der Waals surface area (Å²) in [5.74, 6) is -0.336. The first-order valence-electron chi connectivity index (χ1n) is 8.61. The van der Waals surface area contributed by atoms with Crippen molar-refractivity contribution in [2.24, 2.45) is 5.92 Å². The number of esters is 1. The normalized spacial score (nSPS) is 17.0. The average Bonchev–Trinajstić information content (AvgIpc) is 3.24. The van der Waals surface area contributed by atoms with Gasteiger partial charge in [0.1, 0.15) is 5.65 Å². The Morgan fingerprint density at radius 3 is 2.77 bits per heavy atom. The van der Waals surface area contributed by atoms with Gasteiger partial charge in [-0.05, 0) is 17.7 Å². The molecule has 6 nitrogen and oxygen atoms in total. The number of fused-ring (bicyclic) bond motifs is 1. The molecule has 0 saturated carbocycles. The topological polar surface area (TPSA) is 63.9 Å². The summed E-state index contributed by atoms with van der Waals surface area (Å²) in [5.41, 5.74) is 2.08. The van der Waals surface area contributed by atoms with Gasteiger partial charge in [0.2, 0.25) is 5.91 Å². The fraction of sp³-hybridized carbons (Fsp3) is 0.250. The predicted octanol–water partition coefficient (Wildman–Crippen LogP) is 2.54. The molecule has 0 N–H and O–H groups in total. The molecular weight excluding hydrogens is 330 g/mol. The Morgan fingerprint density at radius 2 is 1.96 bits per heavy atom. The molecule has 1 fully saturated rings. The van der Waals surface area contributed by atoms with Crippen LogP contribution in [0.4, 0.5) is 0 Å². The van der Waals surface area contributed by atoms with Crippen molar-refractivity contribution < 1.29 is 14.3 Å². The van der Waals surface area contributed by atoms with Gasteiger partial charge in [-0.3, -0.25) is 4.79 Å². The lowest BCUT2D eigenvalue weighted by atomic mass is 10.1. The van der Waals surface area contributed by atoms with Gasteiger partial charge in [0.25, 0.3) is 0 Å². The van der Waals surface area contributed by atoms with Gasteiger partial charge in [0, 0.05) is 37.8 Å². The number of imidazole rings is 1. The first-order chi connectivity index (χ1) is 12.7. The van der Waals surface area contributed by atoms with Crippen LogP contribution in [0.1, 0.15) is 22.5 Å². The molecule has 0 bridgehead atoms. The van der Waals surface area contributed by atoms with E-state index in [0.717, 1.165) is 5.56 Å². The number of ether oxygens (including phenoxy) is 1. The molecular formula is C20H19N3O3. The van der Waals surface area contributed by atoms with Crippen molar-refractivity contribution in [2.75, 3.05) is 13.2 Å². The maximum atomic E-state index is 12.2. The van der Waals surface area contributed by atoms with Gasteiger partial charge in [-0.25, -0.2) is 9.78 Å². The Kier molecular flexibility index (Phi) is 4.39. The monoisotopic (exact) mass is 349 g/mol. The number of benzene rings is 1. The summed E-state index contributed by atoms with van der Waals surface area (Å²) < 4.78 is 7.17. The van der Waals surface area contributed by atoms with Crippen LogP contribution < -0.4 is 0 Å². The van der Waals surface area contributed by atoms with E-state index in [1.807, 2.05) is 59.6 Å². The van der Waals surface area contributed by atoms with E-state index >= 15 is 0 Å². The molecule has 3 heterocycles. The highest BCUT2D eigenvalue weighted by atomic mass is 16.5. The third-order valence-corrected chi connectivity index (χ3v) is 4.53. The SMILES string of the molecule is O=C(OC[C@@H]1CC(=O)N(Cc2ccccc2)C1)c1cn2ccccc2n1. The van der Waals surface area contributed by atoms with Crippen LogP contribution in [0.25, 0.3) is 5.65 Å². The number of hydrogen-bond acceptors (Lipinski definition) is 4. The Bertz CT molecular complexity index is 903. The standard InChI is InChI=1S/C20H19N3O3/c24-19-10-16(12-23(19)11-15-6-2-1-3-7-15)14-26-20(25)17-13-22-9-5-4-8-18(22)21-17/h1-9,13,16H,10-12,14H2/t16-/m1/s1. The number of aromatic nitrogens is 2. The lowest BCUT2D eigenvalue weighted by Crippen LogP contribution is -2.25. The largest absolute Gasteiger partial charge is 0.461 e. The molecule has 2 aromatic heterocycles. The van der Waals surface area contributed by atoms with Gasteiger partial charge < -0.3 is 14.0 Å². The number of nitrogens with zero attached hydrogens (tertiary/aromatic N) is 3. The van der Waals surface area contributed by atoms with E-state index in [-0.39, 0.29) is 24.1 Å². The van der Waals surface area contributed by atoms with E-state index in [0.29, 0.717) is 25.2 Å². The molecule has 1 aromatic carbocycles. The highest BCUT2D eigenvalue weighted by Gasteiger charge is 2.30. The molecule has 0 unspecified atom stereocenters. The molecule has 0 radical (unpaired) electrons. The number of carbonyl (C=O) groups excluding carboxylic acids is 2. The molecule has 6 heteroatoms. The maximum Gasteiger partial charge on any atom is 0.358 e. The highest BCUT2D eigenvalue weighted by Crippen LogP contribution is 2.21. The van der Waals surface area contributed by atoms with E-state index in [1.54, 1.807) is 10.6 Å². The van der Waals surface area contributed by atoms with Crippen LogP contribution in [-0.4, -0.2) is 39.3 Å². The second kappa shape index (κ2) is 7.00. The third-order valence-electron chi connectivity index (χ3n) is 4.53. The lowest BCUT2D eigenvalue weighted by molar-refractivity contribution is -0.128. The Hall–Kier alpha value is -3.15. The Morgan fingerprint density at radius 1 is 1.15 bits per heavy atom. The maximum absolute atomic E-state index is 12.2. The summed E-state index contributed by atoms with van der Waals surface area (Å²) in [6.07, 6.45) is 3.89. The van der Waals surface area contributed by atoms with E-state index in [4.69, 9.17) is 4.74 Å². The Labute approximate surface area is 151 Å². The van der Waals surface area contributed by atoms with Gasteiger partial charge in [-0.15, -0.1) is 0 Å². The van der Waals surface area contributed by atoms with Crippen LogP contribution in [0.15, 0.2) is 60.9 Å². The molecule has 1 aliphatic heterocycles. The summed E-state index contributed by atoms with van der Waals surface area (Å²) in [7, 11) is 0. The number of hydrogen-bond donors (Lipinski definition) is 0. The molecule has 1 amide bonds. The first kappa shape index (κ1) is 16.3. The van der Waals surface area contributed by atoms with Crippen LogP contribution in [-0.2, 0) is 16.1 Å². The van der Waals surface area contributed by atoms with Gasteiger partial charge in [-0.2, -0.15) is 0 Å². The van der Waals surface area contributed by atoms with Crippen LogP contribution >= 0.6 is 0 Å². The zero-order valence-electron chi connectivity index (χ0n) is 14.2. The molecule has 4 rings (SSSR count). The van der Waals surface area contributed by atoms with Crippen LogP contribution in [0, 0.1) is 5.92 Å². The zero-order valence-corrected chi connectivity index (χ0v) is 14.2. The van der Waals surface area contributed by atoms with Crippen molar-refractivity contribution in [1.29, 1.82) is 0 Å². The summed E-state index contributed by atoms with van der Waals surface area (Å²) in [4.78, 5) is 30.5. The van der Waals surface area contributed by atoms with Gasteiger partial charge in [0.15, 0.2) is 5.69 Å². The fourth-order valence-corrected chi connectivity index (χ4v) is 3.22. The number of amides is 1. The van der Waals surface area contributed by atoms with Crippen molar-refractivity contribution in [2.45, 2.75) is 13.0 Å². The quantitative estimate of drug-likeness (QED) is 0.664. The van der Waals surface area contributed by atoms with Crippen molar-refractivity contribution in [1.82, 2.24) is 14.3 Å². The van der Waals surface area contributed by atoms with Gasteiger partial charge in [0.05, 0.1) is 6.61 Å². The molecule has 1 aliphatic rings. The van der Waals surface area contributed by atoms with Crippen molar-refractivity contribution in [3.8, 4) is 0 Å². The number of rotatable bonds is 5. The third kappa shape index (κ3) is 3.44. The fourth-order valence-electron chi connectivity index (χ4n) is 3.22. The molecule has 3 aromatic rings. The van der Waals surface area contributed by atoms with Gasteiger partial charge in [-0.1, -0.05) is 36.4 Å². The second-order valence-corrected chi connectivity index (χ2v) is 6.52. The number of pyridine rings is 1. The van der Waals surface area contributed by atoms with Crippen LogP contribution in [0.3, 0.4) is 0 Å². The van der Waals surface area contributed by atoms with Gasteiger partial charge >= 0.3 is 5.97 Å². The summed E-state index contributed by atoms with van der Waals surface area (Å²) in [6.45, 7) is 1.42. The van der Waals surface area contributed by atoms with Crippen molar-refractivity contribution >= 4 is 17.5 Å². The smallest absolute Gasteiger partial charge is 0.358 e. The van der Waals surface area contributed by atoms with E-state index in [2.05, 4.69) is 4.98 Å². The predicted molar refractivity (Wildman–Crippen MR) is 95.4 cm³/mol. The van der Waals surface area contributed by atoms with Crippen molar-refractivity contribution in [3.05, 3.63) is 72.2 Å². The summed E-state index contributed by atoms with van der Waals surface area (Å²) >= 11 is 0. The van der Waals surface area contributed by atoms with Crippen molar-refractivity contribution in [3.63, 3.8) is 0 Å².